The first kappa shape index (κ1) is 13.6. The van der Waals surface area contributed by atoms with Crippen LogP contribution < -0.4 is 5.73 Å². The molecule has 2 N–H and O–H groups in total. The van der Waals surface area contributed by atoms with E-state index in [1.807, 2.05) is 35.9 Å². The predicted octanol–water partition coefficient (Wildman–Crippen LogP) is 3.06. The molecule has 0 aliphatic heterocycles. The minimum atomic E-state index is -0.405. The molecule has 0 fully saturated rings. The number of fused-ring (bicyclic) bond motifs is 1. The number of ether oxygens (including phenoxy) is 1. The number of thiophene rings is 1. The molecular formula is C15H15N3O2S. The van der Waals surface area contributed by atoms with Gasteiger partial charge in [-0.25, -0.2) is 4.79 Å². The number of carbonyl (C=O) groups is 1. The van der Waals surface area contributed by atoms with Crippen LogP contribution >= 0.6 is 11.3 Å². The number of aromatic nitrogens is 2. The second-order valence-corrected chi connectivity index (χ2v) is 5.48. The zero-order valence-corrected chi connectivity index (χ0v) is 12.4. The van der Waals surface area contributed by atoms with Gasteiger partial charge in [-0.2, -0.15) is 5.10 Å². The summed E-state index contributed by atoms with van der Waals surface area (Å²) < 4.78 is 7.24. The van der Waals surface area contributed by atoms with Crippen LogP contribution in [0.25, 0.3) is 10.9 Å². The molecule has 0 aliphatic rings. The van der Waals surface area contributed by atoms with Gasteiger partial charge in [0, 0.05) is 11.9 Å². The smallest absolute Gasteiger partial charge is 0.350 e. The minimum absolute atomic E-state index is 0.143. The van der Waals surface area contributed by atoms with Gasteiger partial charge in [-0.1, -0.05) is 18.2 Å². The number of aryl methyl sites for hydroxylation is 1. The highest BCUT2D eigenvalue weighted by Crippen LogP contribution is 2.22. The maximum absolute atomic E-state index is 12.0. The van der Waals surface area contributed by atoms with Gasteiger partial charge in [-0.3, -0.25) is 4.68 Å². The van der Waals surface area contributed by atoms with E-state index in [-0.39, 0.29) is 6.61 Å². The molecular weight excluding hydrogens is 286 g/mol. The van der Waals surface area contributed by atoms with Crippen LogP contribution in [0.1, 0.15) is 22.3 Å². The Labute approximate surface area is 125 Å². The maximum atomic E-state index is 12.0. The van der Waals surface area contributed by atoms with Gasteiger partial charge < -0.3 is 10.5 Å². The molecule has 5 nitrogen and oxygen atoms in total. The van der Waals surface area contributed by atoms with Crippen molar-refractivity contribution in [3.63, 3.8) is 0 Å². The number of hydrogen-bond acceptors (Lipinski definition) is 5. The zero-order chi connectivity index (χ0) is 14.8. The fourth-order valence-electron chi connectivity index (χ4n) is 2.23. The van der Waals surface area contributed by atoms with Gasteiger partial charge in [-0.15, -0.1) is 11.3 Å². The summed E-state index contributed by atoms with van der Waals surface area (Å²) in [4.78, 5) is 12.4. The van der Waals surface area contributed by atoms with Crippen molar-refractivity contribution in [1.29, 1.82) is 0 Å². The minimum Gasteiger partial charge on any atom is -0.455 e. The Morgan fingerprint density at radius 2 is 2.19 bits per heavy atom. The molecule has 2 heterocycles. The first-order valence-electron chi connectivity index (χ1n) is 6.65. The summed E-state index contributed by atoms with van der Waals surface area (Å²) in [5, 5.41) is 7.27. The molecule has 21 heavy (non-hydrogen) atoms. The fourth-order valence-corrected chi connectivity index (χ4v) is 2.94. The second-order valence-electron chi connectivity index (χ2n) is 4.56. The summed E-state index contributed by atoms with van der Waals surface area (Å²) in [5.74, 6) is -0.405. The van der Waals surface area contributed by atoms with Crippen molar-refractivity contribution in [2.24, 2.45) is 0 Å². The van der Waals surface area contributed by atoms with Crippen LogP contribution in [-0.2, 0) is 17.9 Å². The van der Waals surface area contributed by atoms with Gasteiger partial charge in [0.25, 0.3) is 0 Å². The molecule has 0 unspecified atom stereocenters. The Balaban J connectivity index is 1.83. The van der Waals surface area contributed by atoms with E-state index in [0.29, 0.717) is 10.6 Å². The van der Waals surface area contributed by atoms with Crippen molar-refractivity contribution in [2.75, 3.05) is 5.73 Å². The van der Waals surface area contributed by atoms with E-state index < -0.39 is 5.97 Å². The summed E-state index contributed by atoms with van der Waals surface area (Å²) in [5.41, 5.74) is 7.97. The highest BCUT2D eigenvalue weighted by atomic mass is 32.1. The number of para-hydroxylation sites is 1. The fraction of sp³-hybridized carbons (Fsp3) is 0.200. The lowest BCUT2D eigenvalue weighted by molar-refractivity contribution is 0.0475. The lowest BCUT2D eigenvalue weighted by Crippen LogP contribution is -2.06. The SMILES string of the molecule is CCn1nc(COC(=O)c2sccc2N)c2ccccc21. The molecule has 2 aromatic heterocycles. The standard InChI is InChI=1S/C15H15N3O2S/c1-2-18-13-6-4-3-5-10(13)12(17-18)9-20-15(19)14-11(16)7-8-21-14/h3-8H,2,9,16H2,1H3. The summed E-state index contributed by atoms with van der Waals surface area (Å²) >= 11 is 1.28. The Morgan fingerprint density at radius 1 is 1.38 bits per heavy atom. The van der Waals surface area contributed by atoms with Crippen LogP contribution in [0.2, 0.25) is 0 Å². The second kappa shape index (κ2) is 5.57. The summed E-state index contributed by atoms with van der Waals surface area (Å²) in [7, 11) is 0. The van der Waals surface area contributed by atoms with Crippen LogP contribution in [0.15, 0.2) is 35.7 Å². The van der Waals surface area contributed by atoms with Crippen LogP contribution in [0.3, 0.4) is 0 Å². The van der Waals surface area contributed by atoms with Crippen LogP contribution in [0, 0.1) is 0 Å². The third-order valence-electron chi connectivity index (χ3n) is 3.26. The Kier molecular flexibility index (Phi) is 3.62. The monoisotopic (exact) mass is 301 g/mol. The van der Waals surface area contributed by atoms with E-state index in [4.69, 9.17) is 10.5 Å². The molecule has 1 aromatic carbocycles. The lowest BCUT2D eigenvalue weighted by atomic mass is 10.2. The molecule has 0 saturated carbocycles. The number of rotatable bonds is 4. The predicted molar refractivity (Wildman–Crippen MR) is 83.3 cm³/mol. The van der Waals surface area contributed by atoms with Crippen molar-refractivity contribution in [1.82, 2.24) is 9.78 Å². The van der Waals surface area contributed by atoms with E-state index in [9.17, 15) is 4.79 Å². The molecule has 3 rings (SSSR count). The molecule has 0 amide bonds. The molecule has 0 aliphatic carbocycles. The van der Waals surface area contributed by atoms with Crippen molar-refractivity contribution in [3.05, 3.63) is 46.3 Å². The van der Waals surface area contributed by atoms with E-state index in [0.717, 1.165) is 23.1 Å². The third kappa shape index (κ3) is 2.50. The first-order valence-corrected chi connectivity index (χ1v) is 7.53. The number of benzene rings is 1. The van der Waals surface area contributed by atoms with Gasteiger partial charge in [0.05, 0.1) is 11.2 Å². The summed E-state index contributed by atoms with van der Waals surface area (Å²) in [6, 6.07) is 9.61. The zero-order valence-electron chi connectivity index (χ0n) is 11.6. The van der Waals surface area contributed by atoms with Gasteiger partial charge in [0.1, 0.15) is 17.2 Å². The van der Waals surface area contributed by atoms with Crippen molar-refractivity contribution >= 4 is 33.9 Å². The Hall–Kier alpha value is -2.34. The molecule has 108 valence electrons. The van der Waals surface area contributed by atoms with E-state index in [1.54, 1.807) is 11.4 Å². The average Bonchev–Trinajstić information content (AvgIpc) is 3.08. The van der Waals surface area contributed by atoms with Gasteiger partial charge in [0.15, 0.2) is 0 Å². The Bertz CT molecular complexity index is 791. The molecule has 0 atom stereocenters. The van der Waals surface area contributed by atoms with E-state index >= 15 is 0 Å². The van der Waals surface area contributed by atoms with E-state index in [2.05, 4.69) is 5.10 Å². The summed E-state index contributed by atoms with van der Waals surface area (Å²) in [6.07, 6.45) is 0. The van der Waals surface area contributed by atoms with Gasteiger partial charge >= 0.3 is 5.97 Å². The van der Waals surface area contributed by atoms with Gasteiger partial charge in [-0.05, 0) is 24.4 Å². The quantitative estimate of drug-likeness (QED) is 0.752. The topological polar surface area (TPSA) is 70.1 Å². The average molecular weight is 301 g/mol. The highest BCUT2D eigenvalue weighted by molar-refractivity contribution is 7.12. The van der Waals surface area contributed by atoms with Crippen molar-refractivity contribution in [2.45, 2.75) is 20.1 Å². The number of nitrogens with two attached hydrogens (primary N) is 1. The van der Waals surface area contributed by atoms with Crippen molar-refractivity contribution < 1.29 is 9.53 Å². The largest absolute Gasteiger partial charge is 0.455 e. The summed E-state index contributed by atoms with van der Waals surface area (Å²) in [6.45, 7) is 2.94. The molecule has 3 aromatic rings. The third-order valence-corrected chi connectivity index (χ3v) is 4.17. The first-order chi connectivity index (χ1) is 10.2. The number of nitrogens with zero attached hydrogens (tertiary/aromatic N) is 2. The number of nitrogen functional groups attached to an aromatic ring is 1. The number of carbonyl (C=O) groups excluding carboxylic acids is 1. The molecule has 6 heteroatoms. The number of esters is 1. The van der Waals surface area contributed by atoms with Gasteiger partial charge in [0.2, 0.25) is 0 Å². The Morgan fingerprint density at radius 3 is 2.90 bits per heavy atom. The van der Waals surface area contributed by atoms with Crippen LogP contribution in [-0.4, -0.2) is 15.7 Å². The highest BCUT2D eigenvalue weighted by Gasteiger charge is 2.15. The number of anilines is 1. The number of hydrogen-bond donors (Lipinski definition) is 1. The molecule has 0 saturated heterocycles. The van der Waals surface area contributed by atoms with E-state index in [1.165, 1.54) is 11.3 Å². The molecule has 0 spiro atoms. The lowest BCUT2D eigenvalue weighted by Gasteiger charge is -2.02. The van der Waals surface area contributed by atoms with Crippen molar-refractivity contribution in [3.8, 4) is 0 Å². The van der Waals surface area contributed by atoms with Crippen LogP contribution in [0.5, 0.6) is 0 Å². The molecule has 0 bridgehead atoms. The normalized spacial score (nSPS) is 10.9. The van der Waals surface area contributed by atoms with Crippen LogP contribution in [0.4, 0.5) is 5.69 Å². The molecule has 0 radical (unpaired) electrons. The maximum Gasteiger partial charge on any atom is 0.350 e.